The normalized spacial score (nSPS) is 13.7. The maximum Gasteiger partial charge on any atom is 0.0719 e. The van der Waals surface area contributed by atoms with Crippen molar-refractivity contribution in [3.63, 3.8) is 0 Å². The van der Waals surface area contributed by atoms with E-state index in [1.165, 1.54) is 55.5 Å². The lowest BCUT2D eigenvalue weighted by Gasteiger charge is -2.22. The molecule has 5 aromatic rings. The molecule has 0 saturated carbocycles. The zero-order valence-electron chi connectivity index (χ0n) is 19.6. The van der Waals surface area contributed by atoms with E-state index in [2.05, 4.69) is 119 Å². The predicted octanol–water partition coefficient (Wildman–Crippen LogP) is 8.49. The maximum atomic E-state index is 5.22. The first-order chi connectivity index (χ1) is 15.9. The zero-order chi connectivity index (χ0) is 22.7. The summed E-state index contributed by atoms with van der Waals surface area (Å²) in [5.74, 6) is 0. The monoisotopic (exact) mass is 425 g/mol. The van der Waals surface area contributed by atoms with E-state index in [0.29, 0.717) is 0 Å². The Labute approximate surface area is 195 Å². The summed E-state index contributed by atoms with van der Waals surface area (Å²) in [7, 11) is 0. The van der Waals surface area contributed by atoms with Gasteiger partial charge in [-0.15, -0.1) is 0 Å². The Hall–Kier alpha value is -3.71. The van der Waals surface area contributed by atoms with Crippen molar-refractivity contribution in [2.75, 3.05) is 0 Å². The van der Waals surface area contributed by atoms with Crippen LogP contribution < -0.4 is 0 Å². The fraction of sp³-hybridized carbons (Fsp3) is 0.156. The zero-order valence-corrected chi connectivity index (χ0v) is 19.6. The van der Waals surface area contributed by atoms with Gasteiger partial charge in [-0.3, -0.25) is 0 Å². The molecule has 0 unspecified atom stereocenters. The molecule has 4 aromatic carbocycles. The molecule has 1 aromatic heterocycles. The Balaban J connectivity index is 1.69. The van der Waals surface area contributed by atoms with Gasteiger partial charge in [-0.25, -0.2) is 4.98 Å². The lowest BCUT2D eigenvalue weighted by atomic mass is 9.82. The summed E-state index contributed by atoms with van der Waals surface area (Å²) < 4.78 is 0. The van der Waals surface area contributed by atoms with Crippen LogP contribution >= 0.6 is 0 Å². The van der Waals surface area contributed by atoms with Crippen molar-refractivity contribution in [1.29, 1.82) is 0 Å². The van der Waals surface area contributed by atoms with Crippen molar-refractivity contribution in [2.45, 2.75) is 33.1 Å². The molecule has 160 valence electrons. The lowest BCUT2D eigenvalue weighted by molar-refractivity contribution is 0.661. The van der Waals surface area contributed by atoms with Gasteiger partial charge in [0.15, 0.2) is 0 Å². The molecule has 1 aliphatic rings. The third-order valence-corrected chi connectivity index (χ3v) is 7.11. The first-order valence-corrected chi connectivity index (χ1v) is 11.6. The fourth-order valence-electron chi connectivity index (χ4n) is 5.55. The van der Waals surface area contributed by atoms with Gasteiger partial charge in [-0.2, -0.15) is 0 Å². The van der Waals surface area contributed by atoms with Crippen molar-refractivity contribution >= 4 is 10.9 Å². The number of fused-ring (bicyclic) bond motifs is 4. The van der Waals surface area contributed by atoms with Gasteiger partial charge in [-0.05, 0) is 77.6 Å². The highest BCUT2D eigenvalue weighted by molar-refractivity contribution is 6.01. The summed E-state index contributed by atoms with van der Waals surface area (Å²) in [6.45, 7) is 8.97. The molecular formula is C32H27N. The van der Waals surface area contributed by atoms with E-state index in [1.807, 2.05) is 0 Å². The fourth-order valence-corrected chi connectivity index (χ4v) is 5.55. The third-order valence-electron chi connectivity index (χ3n) is 7.11. The molecule has 1 heteroatoms. The number of benzene rings is 4. The molecular weight excluding hydrogens is 398 g/mol. The first-order valence-electron chi connectivity index (χ1n) is 11.6. The number of pyridine rings is 1. The largest absolute Gasteiger partial charge is 0.248 e. The van der Waals surface area contributed by atoms with Crippen molar-refractivity contribution in [2.24, 2.45) is 0 Å². The van der Waals surface area contributed by atoms with Crippen molar-refractivity contribution < 1.29 is 0 Å². The van der Waals surface area contributed by atoms with Crippen LogP contribution in [0.5, 0.6) is 0 Å². The van der Waals surface area contributed by atoms with Gasteiger partial charge in [0, 0.05) is 16.4 Å². The predicted molar refractivity (Wildman–Crippen MR) is 140 cm³/mol. The molecule has 6 rings (SSSR count). The van der Waals surface area contributed by atoms with Gasteiger partial charge in [0.25, 0.3) is 0 Å². The van der Waals surface area contributed by atoms with E-state index in [1.54, 1.807) is 0 Å². The molecule has 1 nitrogen and oxygen atoms in total. The van der Waals surface area contributed by atoms with Crippen LogP contribution in [-0.4, -0.2) is 4.98 Å². The summed E-state index contributed by atoms with van der Waals surface area (Å²) in [4.78, 5) is 5.22. The Kier molecular flexibility index (Phi) is 4.32. The minimum Gasteiger partial charge on any atom is -0.248 e. The second-order valence-electron chi connectivity index (χ2n) is 9.88. The van der Waals surface area contributed by atoms with Gasteiger partial charge in [0.2, 0.25) is 0 Å². The molecule has 0 amide bonds. The lowest BCUT2D eigenvalue weighted by Crippen LogP contribution is -2.14. The molecule has 33 heavy (non-hydrogen) atoms. The van der Waals surface area contributed by atoms with Gasteiger partial charge in [0.05, 0.1) is 11.2 Å². The SMILES string of the molecule is Cc1cc(C)cc(-c2cc(-c3ccccc3)c3cc4c(cc3n2)C(C)(C)c2ccccc2-4)c1. The molecule has 0 atom stereocenters. The van der Waals surface area contributed by atoms with E-state index in [4.69, 9.17) is 4.98 Å². The second-order valence-corrected chi connectivity index (χ2v) is 9.88. The maximum absolute atomic E-state index is 5.22. The number of hydrogen-bond acceptors (Lipinski definition) is 1. The van der Waals surface area contributed by atoms with Crippen molar-refractivity contribution in [3.05, 3.63) is 113 Å². The quantitative estimate of drug-likeness (QED) is 0.276. The van der Waals surface area contributed by atoms with E-state index in [0.717, 1.165) is 11.2 Å². The smallest absolute Gasteiger partial charge is 0.0719 e. The Morgan fingerprint density at radius 1 is 0.576 bits per heavy atom. The van der Waals surface area contributed by atoms with Crippen LogP contribution in [0.1, 0.15) is 36.1 Å². The average Bonchev–Trinajstić information content (AvgIpc) is 3.03. The van der Waals surface area contributed by atoms with Crippen molar-refractivity contribution in [3.8, 4) is 33.5 Å². The highest BCUT2D eigenvalue weighted by Crippen LogP contribution is 2.50. The van der Waals surface area contributed by atoms with Crippen molar-refractivity contribution in [1.82, 2.24) is 4.98 Å². The van der Waals surface area contributed by atoms with Gasteiger partial charge in [-0.1, -0.05) is 85.6 Å². The molecule has 0 fully saturated rings. The van der Waals surface area contributed by atoms with E-state index < -0.39 is 0 Å². The van der Waals surface area contributed by atoms with Crippen LogP contribution in [0.4, 0.5) is 0 Å². The molecule has 1 heterocycles. The van der Waals surface area contributed by atoms with Crippen LogP contribution in [0.2, 0.25) is 0 Å². The number of nitrogens with zero attached hydrogens (tertiary/aromatic N) is 1. The molecule has 0 aliphatic heterocycles. The first kappa shape index (κ1) is 19.9. The van der Waals surface area contributed by atoms with Crippen LogP contribution in [-0.2, 0) is 5.41 Å². The average molecular weight is 426 g/mol. The summed E-state index contributed by atoms with van der Waals surface area (Å²) >= 11 is 0. The van der Waals surface area contributed by atoms with Crippen LogP contribution in [0.15, 0.2) is 91.0 Å². The highest BCUT2D eigenvalue weighted by atomic mass is 14.7. The number of aryl methyl sites for hydroxylation is 2. The van der Waals surface area contributed by atoms with Crippen LogP contribution in [0, 0.1) is 13.8 Å². The summed E-state index contributed by atoms with van der Waals surface area (Å²) in [5, 5.41) is 1.21. The molecule has 1 aliphatic carbocycles. The Bertz CT molecular complexity index is 1520. The van der Waals surface area contributed by atoms with Gasteiger partial charge in [0.1, 0.15) is 0 Å². The van der Waals surface area contributed by atoms with Gasteiger partial charge >= 0.3 is 0 Å². The van der Waals surface area contributed by atoms with E-state index in [-0.39, 0.29) is 5.41 Å². The highest BCUT2D eigenvalue weighted by Gasteiger charge is 2.35. The van der Waals surface area contributed by atoms with E-state index >= 15 is 0 Å². The summed E-state index contributed by atoms with van der Waals surface area (Å²) in [5.41, 5.74) is 13.6. The number of rotatable bonds is 2. The molecule has 0 bridgehead atoms. The molecule has 0 spiro atoms. The number of hydrogen-bond donors (Lipinski definition) is 0. The standard InChI is InChI=1S/C32H27N/c1-20-14-21(2)16-23(15-20)30-18-25(22-10-6-5-7-11-22)27-17-26-24-12-8-9-13-28(24)32(3,4)29(26)19-31(27)33-30/h5-19H,1-4H3. The minimum atomic E-state index is -0.0371. The second kappa shape index (κ2) is 7.15. The number of aromatic nitrogens is 1. The van der Waals surface area contributed by atoms with Crippen LogP contribution in [0.25, 0.3) is 44.4 Å². The summed E-state index contributed by atoms with van der Waals surface area (Å²) in [6.07, 6.45) is 0. The Morgan fingerprint density at radius 3 is 2.03 bits per heavy atom. The Morgan fingerprint density at radius 2 is 1.27 bits per heavy atom. The topological polar surface area (TPSA) is 12.9 Å². The summed E-state index contributed by atoms with van der Waals surface area (Å²) in [6, 6.07) is 33.2. The van der Waals surface area contributed by atoms with Crippen LogP contribution in [0.3, 0.4) is 0 Å². The van der Waals surface area contributed by atoms with E-state index in [9.17, 15) is 0 Å². The molecule has 0 radical (unpaired) electrons. The van der Waals surface area contributed by atoms with Gasteiger partial charge < -0.3 is 0 Å². The minimum absolute atomic E-state index is 0.0371. The third kappa shape index (κ3) is 3.11. The molecule has 0 N–H and O–H groups in total. The molecule has 0 saturated heterocycles.